The first-order chi connectivity index (χ1) is 14.5. The van der Waals surface area contributed by atoms with Crippen molar-refractivity contribution in [2.75, 3.05) is 0 Å². The summed E-state index contributed by atoms with van der Waals surface area (Å²) >= 11 is 0. The number of rotatable bonds is 4. The molecule has 0 amide bonds. The Morgan fingerprint density at radius 1 is 0.548 bits per heavy atom. The lowest BCUT2D eigenvalue weighted by Gasteiger charge is -2.12. The topological polar surface area (TPSA) is 37.9 Å². The quantitative estimate of drug-likeness (QED) is 0.398. The van der Waals surface area contributed by atoms with Crippen LogP contribution in [0.1, 0.15) is 69.9 Å². The van der Waals surface area contributed by atoms with Crippen LogP contribution in [0.2, 0.25) is 0 Å². The number of benzene rings is 2. The second kappa shape index (κ2) is 8.66. The molecule has 0 radical (unpaired) electrons. The average molecular weight is 415 g/mol. The number of hydrogen-bond donors (Lipinski definition) is 0. The second-order valence-corrected chi connectivity index (χ2v) is 8.78. The van der Waals surface area contributed by atoms with E-state index in [4.69, 9.17) is 14.4 Å². The van der Waals surface area contributed by atoms with Crippen molar-refractivity contribution >= 4 is 22.8 Å². The van der Waals surface area contributed by atoms with E-state index < -0.39 is 0 Å². The Balaban J connectivity index is 1.99. The molecule has 0 bridgehead atoms. The lowest BCUT2D eigenvalue weighted by atomic mass is 9.99. The van der Waals surface area contributed by atoms with Gasteiger partial charge in [-0.2, -0.15) is 0 Å². The van der Waals surface area contributed by atoms with Gasteiger partial charge in [0.1, 0.15) is 11.5 Å². The van der Waals surface area contributed by atoms with Crippen LogP contribution < -0.4 is 0 Å². The first-order valence-corrected chi connectivity index (χ1v) is 10.9. The molecule has 31 heavy (non-hydrogen) atoms. The monoisotopic (exact) mass is 414 g/mol. The lowest BCUT2D eigenvalue weighted by Crippen LogP contribution is -1.97. The molecule has 0 unspecified atom stereocenters. The number of furan rings is 1. The zero-order chi connectivity index (χ0) is 23.0. The smallest absolute Gasteiger partial charge is 0.148 e. The highest BCUT2D eigenvalue weighted by Crippen LogP contribution is 2.31. The van der Waals surface area contributed by atoms with E-state index in [2.05, 4.69) is 67.5 Å². The van der Waals surface area contributed by atoms with Gasteiger partial charge in [0.05, 0.1) is 22.8 Å². The molecular weight excluding hydrogens is 380 g/mol. The molecule has 0 N–H and O–H groups in total. The Hall–Kier alpha value is -2.94. The lowest BCUT2D eigenvalue weighted by molar-refractivity contribution is 0.547. The fraction of sp³-hybridized carbons (Fsp3) is 0.357. The van der Waals surface area contributed by atoms with E-state index in [0.29, 0.717) is 0 Å². The molecule has 0 saturated heterocycles. The molecule has 3 rings (SSSR count). The molecule has 1 aromatic heterocycles. The molecular formula is C28H34N2O. The van der Waals surface area contributed by atoms with Gasteiger partial charge < -0.3 is 4.42 Å². The predicted molar refractivity (Wildman–Crippen MR) is 133 cm³/mol. The molecule has 0 aliphatic rings. The van der Waals surface area contributed by atoms with Crippen molar-refractivity contribution in [1.82, 2.24) is 0 Å². The Morgan fingerprint density at radius 3 is 1.13 bits per heavy atom. The Morgan fingerprint density at radius 2 is 0.839 bits per heavy atom. The molecule has 0 spiro atoms. The van der Waals surface area contributed by atoms with Gasteiger partial charge in [-0.05, 0) is 126 Å². The maximum absolute atomic E-state index is 6.17. The number of nitrogens with zero attached hydrogens (tertiary/aromatic N) is 2. The molecule has 2 aromatic carbocycles. The van der Waals surface area contributed by atoms with Crippen molar-refractivity contribution in [2.45, 2.75) is 69.2 Å². The van der Waals surface area contributed by atoms with Crippen molar-refractivity contribution in [3.63, 3.8) is 0 Å². The second-order valence-electron chi connectivity index (χ2n) is 8.78. The van der Waals surface area contributed by atoms with Crippen LogP contribution in [0.4, 0.5) is 11.4 Å². The summed E-state index contributed by atoms with van der Waals surface area (Å²) in [6, 6.07) is 8.42. The Labute approximate surface area is 187 Å². The van der Waals surface area contributed by atoms with E-state index in [1.807, 2.05) is 26.0 Å². The van der Waals surface area contributed by atoms with Gasteiger partial charge in [-0.15, -0.1) is 0 Å². The minimum absolute atomic E-state index is 0.774. The Bertz CT molecular complexity index is 1080. The Kier molecular flexibility index (Phi) is 6.35. The van der Waals surface area contributed by atoms with Crippen LogP contribution in [0.5, 0.6) is 0 Å². The molecule has 0 saturated carbocycles. The summed E-state index contributed by atoms with van der Waals surface area (Å²) in [4.78, 5) is 9.88. The van der Waals surface area contributed by atoms with Crippen molar-refractivity contribution in [1.29, 1.82) is 0 Å². The van der Waals surface area contributed by atoms with E-state index in [1.54, 1.807) is 0 Å². The highest BCUT2D eigenvalue weighted by molar-refractivity contribution is 6.02. The van der Waals surface area contributed by atoms with Crippen LogP contribution >= 0.6 is 0 Å². The van der Waals surface area contributed by atoms with Gasteiger partial charge >= 0.3 is 0 Å². The summed E-state index contributed by atoms with van der Waals surface area (Å²) < 4.78 is 6.17. The molecule has 162 valence electrons. The number of aryl methyl sites for hydroxylation is 4. The molecule has 3 nitrogen and oxygen atoms in total. The first-order valence-electron chi connectivity index (χ1n) is 10.9. The summed E-state index contributed by atoms with van der Waals surface area (Å²) in [6.07, 6.45) is 0. The highest BCUT2D eigenvalue weighted by atomic mass is 16.3. The highest BCUT2D eigenvalue weighted by Gasteiger charge is 2.13. The van der Waals surface area contributed by atoms with E-state index >= 15 is 0 Å². The third kappa shape index (κ3) is 4.41. The van der Waals surface area contributed by atoms with Crippen LogP contribution in [-0.2, 0) is 0 Å². The van der Waals surface area contributed by atoms with E-state index in [-0.39, 0.29) is 0 Å². The van der Waals surface area contributed by atoms with Crippen molar-refractivity contribution < 1.29 is 4.42 Å². The summed E-state index contributed by atoms with van der Waals surface area (Å²) in [5.41, 5.74) is 13.7. The van der Waals surface area contributed by atoms with Crippen LogP contribution in [0.15, 0.2) is 38.7 Å². The maximum atomic E-state index is 6.17. The summed E-state index contributed by atoms with van der Waals surface area (Å²) in [5.74, 6) is 1.55. The van der Waals surface area contributed by atoms with Crippen molar-refractivity contribution in [3.8, 4) is 0 Å². The van der Waals surface area contributed by atoms with Gasteiger partial charge in [-0.25, -0.2) is 9.98 Å². The van der Waals surface area contributed by atoms with Gasteiger partial charge in [0.25, 0.3) is 0 Å². The SMILES string of the molecule is CC(=Nc1c(C)c(C)cc(C)c1C)c1ccc(C(C)=Nc2c(C)c(C)cc(C)c2C)o1. The van der Waals surface area contributed by atoms with Crippen LogP contribution in [0.25, 0.3) is 0 Å². The van der Waals surface area contributed by atoms with Crippen LogP contribution in [0, 0.1) is 55.4 Å². The zero-order valence-electron chi connectivity index (χ0n) is 20.6. The normalized spacial score (nSPS) is 12.6. The summed E-state index contributed by atoms with van der Waals surface area (Å²) in [6.45, 7) is 21.1. The van der Waals surface area contributed by atoms with Gasteiger partial charge in [0, 0.05) is 0 Å². The molecule has 3 heteroatoms. The first kappa shape index (κ1) is 22.7. The predicted octanol–water partition coefficient (Wildman–Crippen LogP) is 8.03. The zero-order valence-corrected chi connectivity index (χ0v) is 20.6. The molecule has 0 aliphatic heterocycles. The third-order valence-corrected chi connectivity index (χ3v) is 6.53. The van der Waals surface area contributed by atoms with E-state index in [0.717, 1.165) is 34.3 Å². The van der Waals surface area contributed by atoms with Gasteiger partial charge in [-0.1, -0.05) is 12.1 Å². The van der Waals surface area contributed by atoms with Gasteiger partial charge in [0.15, 0.2) is 0 Å². The van der Waals surface area contributed by atoms with Crippen molar-refractivity contribution in [2.24, 2.45) is 9.98 Å². The van der Waals surface area contributed by atoms with E-state index in [9.17, 15) is 0 Å². The average Bonchev–Trinajstić information content (AvgIpc) is 3.21. The number of aliphatic imine (C=N–C) groups is 2. The molecule has 0 aliphatic carbocycles. The fourth-order valence-corrected chi connectivity index (χ4v) is 3.90. The fourth-order valence-electron chi connectivity index (χ4n) is 3.90. The van der Waals surface area contributed by atoms with Gasteiger partial charge in [0.2, 0.25) is 0 Å². The molecule has 0 fully saturated rings. The van der Waals surface area contributed by atoms with Crippen LogP contribution in [0.3, 0.4) is 0 Å². The minimum atomic E-state index is 0.774. The van der Waals surface area contributed by atoms with E-state index in [1.165, 1.54) is 44.5 Å². The van der Waals surface area contributed by atoms with Crippen molar-refractivity contribution in [3.05, 3.63) is 80.3 Å². The largest absolute Gasteiger partial charge is 0.454 e. The summed E-state index contributed by atoms with van der Waals surface area (Å²) in [7, 11) is 0. The molecule has 3 aromatic rings. The number of hydrogen-bond acceptors (Lipinski definition) is 3. The van der Waals surface area contributed by atoms with Crippen LogP contribution in [-0.4, -0.2) is 11.4 Å². The molecule has 0 atom stereocenters. The third-order valence-electron chi connectivity index (χ3n) is 6.53. The molecule has 1 heterocycles. The summed E-state index contributed by atoms with van der Waals surface area (Å²) in [5, 5.41) is 0. The maximum Gasteiger partial charge on any atom is 0.148 e. The van der Waals surface area contributed by atoms with Gasteiger partial charge in [-0.3, -0.25) is 0 Å². The minimum Gasteiger partial charge on any atom is -0.454 e. The standard InChI is InChI=1S/C28H34N2O/c1-15-13-16(2)20(6)27(19(15)5)29-23(9)25-11-12-26(31-25)24(10)30-28-21(7)17(3)14-18(4)22(28)8/h11-14H,1-10H3.